The minimum Gasteiger partial charge on any atom is -0.371 e. The molecule has 55 heavy (non-hydrogen) atoms. The van der Waals surface area contributed by atoms with Crippen molar-refractivity contribution in [3.05, 3.63) is 75.8 Å². The first-order valence-electron chi connectivity index (χ1n) is 19.6. The molecule has 6 heterocycles. The van der Waals surface area contributed by atoms with E-state index in [-0.39, 0.29) is 40.7 Å². The zero-order valence-electron chi connectivity index (χ0n) is 31.5. The molecule has 0 spiro atoms. The van der Waals surface area contributed by atoms with Gasteiger partial charge in [-0.15, -0.1) is 0 Å². The number of anilines is 4. The Morgan fingerprint density at radius 2 is 1.67 bits per heavy atom. The molecule has 288 valence electrons. The number of fused-ring (bicyclic) bond motifs is 1. The van der Waals surface area contributed by atoms with Gasteiger partial charge in [0.2, 0.25) is 17.8 Å². The van der Waals surface area contributed by atoms with E-state index in [1.165, 1.54) is 6.92 Å². The van der Waals surface area contributed by atoms with E-state index in [4.69, 9.17) is 4.98 Å². The van der Waals surface area contributed by atoms with Crippen molar-refractivity contribution in [2.45, 2.75) is 82.8 Å². The summed E-state index contributed by atoms with van der Waals surface area (Å²) in [5, 5.41) is 6.34. The first-order valence-corrected chi connectivity index (χ1v) is 19.6. The molecule has 3 saturated heterocycles. The molecule has 1 saturated carbocycles. The molecule has 4 aromatic rings. The molecule has 3 aromatic heterocycles. The summed E-state index contributed by atoms with van der Waals surface area (Å²) in [7, 11) is 0. The molecule has 1 unspecified atom stereocenters. The van der Waals surface area contributed by atoms with Crippen molar-refractivity contribution in [1.82, 2.24) is 29.7 Å². The summed E-state index contributed by atoms with van der Waals surface area (Å²) < 4.78 is 17.9. The molecule has 4 fully saturated rings. The van der Waals surface area contributed by atoms with Gasteiger partial charge < -0.3 is 15.1 Å². The summed E-state index contributed by atoms with van der Waals surface area (Å²) in [4.78, 5) is 70.7. The molecule has 1 aliphatic carbocycles. The number of hydrogen-bond donors (Lipinski definition) is 2. The van der Waals surface area contributed by atoms with Crippen molar-refractivity contribution in [3.63, 3.8) is 0 Å². The average Bonchev–Trinajstić information content (AvgIpc) is 3.70. The van der Waals surface area contributed by atoms with Crippen LogP contribution in [0, 0.1) is 6.92 Å². The van der Waals surface area contributed by atoms with Crippen molar-refractivity contribution in [1.29, 1.82) is 0 Å². The van der Waals surface area contributed by atoms with Gasteiger partial charge in [0.25, 0.3) is 5.56 Å². The van der Waals surface area contributed by atoms with Crippen LogP contribution in [0.1, 0.15) is 91.7 Å². The average molecular weight is 750 g/mol. The van der Waals surface area contributed by atoms with Crippen molar-refractivity contribution >= 4 is 51.8 Å². The van der Waals surface area contributed by atoms with Crippen LogP contribution in [0.25, 0.3) is 11.0 Å². The molecule has 0 radical (unpaired) electrons. The van der Waals surface area contributed by atoms with Gasteiger partial charge in [0.05, 0.1) is 23.4 Å². The predicted molar refractivity (Wildman–Crippen MR) is 209 cm³/mol. The maximum atomic E-state index is 16.2. The number of aryl methyl sites for hydroxylation is 1. The first-order chi connectivity index (χ1) is 26.5. The number of nitrogens with one attached hydrogen (secondary N) is 2. The van der Waals surface area contributed by atoms with Crippen LogP contribution in [-0.4, -0.2) is 93.5 Å². The lowest BCUT2D eigenvalue weighted by Crippen LogP contribution is -2.53. The SMILES string of the molecule is CC(=O)c1c(C)c2cnc(Nc3ccc(N4CCN(CC5(F)CCN(c6cccc(C7CCC(=O)NC7=O)c6)CC5)CC4)cn3)nc2n(C2CCCC2)c1=O. The molecular formula is C41H48FN9O4. The highest BCUT2D eigenvalue weighted by Crippen LogP contribution is 2.35. The maximum absolute atomic E-state index is 16.2. The molecule has 8 rings (SSSR count). The van der Waals surface area contributed by atoms with E-state index < -0.39 is 5.67 Å². The topological polar surface area (TPSA) is 146 Å². The third-order valence-electron chi connectivity index (χ3n) is 12.0. The molecule has 2 amide bonds. The molecule has 14 heteroatoms. The summed E-state index contributed by atoms with van der Waals surface area (Å²) in [5.41, 5.74) is 2.66. The van der Waals surface area contributed by atoms with Crippen molar-refractivity contribution in [2.24, 2.45) is 0 Å². The second-order valence-corrected chi connectivity index (χ2v) is 15.6. The third kappa shape index (κ3) is 7.56. The number of rotatable bonds is 9. The van der Waals surface area contributed by atoms with E-state index in [2.05, 4.69) is 35.3 Å². The molecule has 4 aliphatic rings. The molecule has 1 aromatic carbocycles. The van der Waals surface area contributed by atoms with Gasteiger partial charge in [0, 0.05) is 88.4 Å². The number of hydrogen-bond acceptors (Lipinski definition) is 11. The van der Waals surface area contributed by atoms with Crippen LogP contribution >= 0.6 is 0 Å². The summed E-state index contributed by atoms with van der Waals surface area (Å²) in [6.45, 7) is 7.85. The highest BCUT2D eigenvalue weighted by atomic mass is 19.1. The van der Waals surface area contributed by atoms with Crippen LogP contribution in [0.3, 0.4) is 0 Å². The van der Waals surface area contributed by atoms with Gasteiger partial charge >= 0.3 is 0 Å². The standard InChI is InChI=1S/C41H48FN9O4/c1-26-33-24-44-40(47-37(33)51(29-7-3-4-8-29)39(55)36(26)27(2)52)45-34-12-10-31(23-43-34)50-20-18-48(19-21-50)25-41(42)14-16-49(17-15-41)30-9-5-6-28(22-30)32-11-13-35(53)46-38(32)54/h5-6,9-10,12,22-24,29,32H,3-4,7-8,11,13-21,25H2,1-2H3,(H,46,53,54)(H,43,44,45,47). The highest BCUT2D eigenvalue weighted by Gasteiger charge is 2.37. The molecule has 13 nitrogen and oxygen atoms in total. The van der Waals surface area contributed by atoms with Crippen molar-refractivity contribution in [3.8, 4) is 0 Å². The van der Waals surface area contributed by atoms with Crippen LogP contribution < -0.4 is 26.0 Å². The fourth-order valence-corrected chi connectivity index (χ4v) is 8.91. The zero-order chi connectivity index (χ0) is 38.3. The summed E-state index contributed by atoms with van der Waals surface area (Å²) in [6, 6.07) is 11.8. The fraction of sp³-hybridized carbons (Fsp3) is 0.488. The highest BCUT2D eigenvalue weighted by molar-refractivity contribution is 6.01. The minimum absolute atomic E-state index is 0.00112. The van der Waals surface area contributed by atoms with Crippen LogP contribution in [0.15, 0.2) is 53.6 Å². The number of alkyl halides is 1. The number of amides is 2. The van der Waals surface area contributed by atoms with Gasteiger partial charge in [-0.3, -0.25) is 34.0 Å². The monoisotopic (exact) mass is 749 g/mol. The number of benzene rings is 1. The maximum Gasteiger partial charge on any atom is 0.263 e. The summed E-state index contributed by atoms with van der Waals surface area (Å²) in [6.07, 6.45) is 9.04. The zero-order valence-corrected chi connectivity index (χ0v) is 31.5. The Morgan fingerprint density at radius 3 is 2.36 bits per heavy atom. The Labute approximate surface area is 319 Å². The largest absolute Gasteiger partial charge is 0.371 e. The number of Topliss-reactive ketones (excluding diaryl/α,β-unsaturated/α-hetero) is 1. The van der Waals surface area contributed by atoms with Crippen molar-refractivity contribution in [2.75, 3.05) is 60.9 Å². The van der Waals surface area contributed by atoms with Crippen LogP contribution in [0.4, 0.5) is 27.5 Å². The summed E-state index contributed by atoms with van der Waals surface area (Å²) >= 11 is 0. The number of halogens is 1. The van der Waals surface area contributed by atoms with Gasteiger partial charge in [-0.1, -0.05) is 25.0 Å². The smallest absolute Gasteiger partial charge is 0.263 e. The number of ketones is 1. The Hall–Kier alpha value is -5.24. The van der Waals surface area contributed by atoms with Gasteiger partial charge in [0.1, 0.15) is 17.1 Å². The summed E-state index contributed by atoms with van der Waals surface area (Å²) in [5.74, 6) is -0.158. The number of piperazine rings is 1. The van der Waals surface area contributed by atoms with E-state index in [0.29, 0.717) is 73.7 Å². The van der Waals surface area contributed by atoms with Crippen LogP contribution in [0.2, 0.25) is 0 Å². The number of pyridine rings is 2. The Bertz CT molecular complexity index is 2170. The van der Waals surface area contributed by atoms with E-state index in [9.17, 15) is 19.2 Å². The van der Waals surface area contributed by atoms with E-state index in [0.717, 1.165) is 68.8 Å². The number of carbonyl (C=O) groups is 3. The second-order valence-electron chi connectivity index (χ2n) is 15.6. The number of piperidine rings is 2. The van der Waals surface area contributed by atoms with Gasteiger partial charge in [-0.25, -0.2) is 14.4 Å². The fourth-order valence-electron chi connectivity index (χ4n) is 8.91. The van der Waals surface area contributed by atoms with E-state index in [1.54, 1.807) is 17.7 Å². The van der Waals surface area contributed by atoms with Crippen LogP contribution in [0.5, 0.6) is 0 Å². The lowest BCUT2D eigenvalue weighted by molar-refractivity contribution is -0.134. The van der Waals surface area contributed by atoms with Crippen molar-refractivity contribution < 1.29 is 18.8 Å². The molecular weight excluding hydrogens is 702 g/mol. The molecule has 3 aliphatic heterocycles. The van der Waals surface area contributed by atoms with E-state index in [1.807, 2.05) is 42.6 Å². The first kappa shape index (κ1) is 36.7. The Kier molecular flexibility index (Phi) is 10.1. The van der Waals surface area contributed by atoms with Gasteiger partial charge in [-0.2, -0.15) is 4.98 Å². The number of aromatic nitrogens is 4. The number of carbonyl (C=O) groups excluding carboxylic acids is 3. The lowest BCUT2D eigenvalue weighted by atomic mass is 9.89. The minimum atomic E-state index is -1.26. The quantitative estimate of drug-likeness (QED) is 0.172. The normalized spacial score (nSPS) is 20.9. The Balaban J connectivity index is 0.857. The predicted octanol–water partition coefficient (Wildman–Crippen LogP) is 5.21. The molecule has 1 atom stereocenters. The molecule has 2 N–H and O–H groups in total. The van der Waals surface area contributed by atoms with Crippen LogP contribution in [-0.2, 0) is 9.59 Å². The number of nitrogens with zero attached hydrogens (tertiary/aromatic N) is 7. The van der Waals surface area contributed by atoms with E-state index >= 15 is 4.39 Å². The lowest BCUT2D eigenvalue weighted by Gasteiger charge is -2.43. The Morgan fingerprint density at radius 1 is 0.927 bits per heavy atom. The number of imide groups is 1. The molecule has 0 bridgehead atoms. The van der Waals surface area contributed by atoms with Gasteiger partial charge in [0.15, 0.2) is 5.78 Å². The third-order valence-corrected chi connectivity index (χ3v) is 12.0. The second kappa shape index (κ2) is 15.1. The van der Waals surface area contributed by atoms with Gasteiger partial charge in [-0.05, 0) is 68.5 Å².